The number of benzene rings is 1. The Kier molecular flexibility index (Phi) is 8.68. The zero-order valence-corrected chi connectivity index (χ0v) is 17.0. The Balaban J connectivity index is 2.38. The summed E-state index contributed by atoms with van der Waals surface area (Å²) in [6.45, 7) is 8.31. The van der Waals surface area contributed by atoms with Crippen molar-refractivity contribution in [2.75, 3.05) is 40.1 Å². The first-order valence-electron chi connectivity index (χ1n) is 9.50. The molecule has 1 aromatic carbocycles. The van der Waals surface area contributed by atoms with Crippen LogP contribution in [0, 0.1) is 0 Å². The second-order valence-electron chi connectivity index (χ2n) is 5.95. The fourth-order valence-electron chi connectivity index (χ4n) is 2.75. The number of hydrogen-bond acceptors (Lipinski definition) is 6. The molecule has 28 heavy (non-hydrogen) atoms. The molecule has 7 nitrogen and oxygen atoms in total. The molecule has 0 aliphatic rings. The Morgan fingerprint density at radius 3 is 2.18 bits per heavy atom. The first kappa shape index (κ1) is 21.6. The highest BCUT2D eigenvalue weighted by atomic mass is 16.5. The van der Waals surface area contributed by atoms with E-state index in [-0.39, 0.29) is 5.91 Å². The minimum absolute atomic E-state index is 0.150. The monoisotopic (exact) mass is 391 g/mol. The van der Waals surface area contributed by atoms with Crippen molar-refractivity contribution in [2.45, 2.75) is 27.3 Å². The number of nitrogens with zero attached hydrogens (tertiary/aromatic N) is 1. The van der Waals surface area contributed by atoms with Gasteiger partial charge in [-0.15, -0.1) is 0 Å². The predicted molar refractivity (Wildman–Crippen MR) is 105 cm³/mol. The lowest BCUT2D eigenvalue weighted by Crippen LogP contribution is -2.33. The second kappa shape index (κ2) is 11.2. The van der Waals surface area contributed by atoms with Gasteiger partial charge in [-0.1, -0.05) is 0 Å². The van der Waals surface area contributed by atoms with Crippen LogP contribution in [0.2, 0.25) is 0 Å². The van der Waals surface area contributed by atoms with Gasteiger partial charge in [-0.2, -0.15) is 0 Å². The summed E-state index contributed by atoms with van der Waals surface area (Å²) in [4.78, 5) is 15.0. The third kappa shape index (κ3) is 5.66. The Bertz CT molecular complexity index is 701. The maximum absolute atomic E-state index is 13.2. The normalized spacial score (nSPS) is 10.6. The van der Waals surface area contributed by atoms with Crippen molar-refractivity contribution in [3.8, 4) is 17.2 Å². The molecule has 0 radical (unpaired) electrons. The SMILES string of the molecule is CCOc1cc(C(=O)N(CCOC)Cc2ccoc2)cc(OCC)c1OCC. The molecule has 1 aromatic heterocycles. The van der Waals surface area contributed by atoms with E-state index in [4.69, 9.17) is 23.4 Å². The smallest absolute Gasteiger partial charge is 0.254 e. The Morgan fingerprint density at radius 2 is 1.68 bits per heavy atom. The lowest BCUT2D eigenvalue weighted by Gasteiger charge is -2.23. The van der Waals surface area contributed by atoms with Gasteiger partial charge in [0, 0.05) is 31.3 Å². The van der Waals surface area contributed by atoms with Gasteiger partial charge in [0.15, 0.2) is 11.5 Å². The largest absolute Gasteiger partial charge is 0.490 e. The Labute approximate surface area is 166 Å². The lowest BCUT2D eigenvalue weighted by molar-refractivity contribution is 0.0679. The van der Waals surface area contributed by atoms with E-state index in [0.29, 0.717) is 62.3 Å². The highest BCUT2D eigenvalue weighted by Crippen LogP contribution is 2.39. The Morgan fingerprint density at radius 1 is 1.04 bits per heavy atom. The van der Waals surface area contributed by atoms with Gasteiger partial charge in [-0.25, -0.2) is 0 Å². The van der Waals surface area contributed by atoms with Gasteiger partial charge >= 0.3 is 0 Å². The minimum atomic E-state index is -0.150. The van der Waals surface area contributed by atoms with Crippen LogP contribution in [0.25, 0.3) is 0 Å². The maximum atomic E-state index is 13.2. The molecule has 154 valence electrons. The molecular weight excluding hydrogens is 362 g/mol. The summed E-state index contributed by atoms with van der Waals surface area (Å²) in [5, 5.41) is 0. The molecule has 0 aliphatic heterocycles. The summed E-state index contributed by atoms with van der Waals surface area (Å²) < 4.78 is 27.4. The fraction of sp³-hybridized carbons (Fsp3) is 0.476. The third-order valence-electron chi connectivity index (χ3n) is 3.96. The molecule has 0 saturated heterocycles. The van der Waals surface area contributed by atoms with E-state index in [9.17, 15) is 4.79 Å². The number of carbonyl (C=O) groups excluding carboxylic acids is 1. The molecular formula is C21H29NO6. The molecule has 1 amide bonds. The quantitative estimate of drug-likeness (QED) is 0.549. The average Bonchev–Trinajstić information content (AvgIpc) is 3.20. The van der Waals surface area contributed by atoms with Crippen molar-refractivity contribution in [3.63, 3.8) is 0 Å². The number of hydrogen-bond donors (Lipinski definition) is 0. The molecule has 0 saturated carbocycles. The highest BCUT2D eigenvalue weighted by molar-refractivity contribution is 5.95. The standard InChI is InChI=1S/C21H29NO6/c1-5-26-18-12-17(13-19(27-6-2)20(18)28-7-3)21(23)22(9-11-24-4)14-16-8-10-25-15-16/h8,10,12-13,15H,5-7,9,11,14H2,1-4H3. The van der Waals surface area contributed by atoms with Crippen LogP contribution >= 0.6 is 0 Å². The van der Waals surface area contributed by atoms with Gasteiger partial charge in [0.05, 0.1) is 39.0 Å². The average molecular weight is 391 g/mol. The van der Waals surface area contributed by atoms with Crippen molar-refractivity contribution in [2.24, 2.45) is 0 Å². The summed E-state index contributed by atoms with van der Waals surface area (Å²) in [6, 6.07) is 5.24. The van der Waals surface area contributed by atoms with Crippen LogP contribution in [-0.4, -0.2) is 50.9 Å². The number of ether oxygens (including phenoxy) is 4. The zero-order chi connectivity index (χ0) is 20.4. The molecule has 0 unspecified atom stereocenters. The van der Waals surface area contributed by atoms with E-state index in [1.165, 1.54) is 0 Å². The van der Waals surface area contributed by atoms with Crippen molar-refractivity contribution < 1.29 is 28.2 Å². The second-order valence-corrected chi connectivity index (χ2v) is 5.95. The molecule has 7 heteroatoms. The molecule has 0 atom stereocenters. The number of amides is 1. The van der Waals surface area contributed by atoms with Crippen LogP contribution in [-0.2, 0) is 11.3 Å². The van der Waals surface area contributed by atoms with Crippen molar-refractivity contribution in [1.82, 2.24) is 4.90 Å². The molecule has 0 N–H and O–H groups in total. The fourth-order valence-corrected chi connectivity index (χ4v) is 2.75. The summed E-state index contributed by atoms with van der Waals surface area (Å²) in [5.41, 5.74) is 1.38. The summed E-state index contributed by atoms with van der Waals surface area (Å²) in [5.74, 6) is 1.35. The number of carbonyl (C=O) groups is 1. The maximum Gasteiger partial charge on any atom is 0.254 e. The van der Waals surface area contributed by atoms with E-state index < -0.39 is 0 Å². The molecule has 2 aromatic rings. The number of methoxy groups -OCH3 is 1. The van der Waals surface area contributed by atoms with Gasteiger partial charge in [0.25, 0.3) is 5.91 Å². The van der Waals surface area contributed by atoms with Crippen LogP contribution < -0.4 is 14.2 Å². The van der Waals surface area contributed by atoms with Crippen molar-refractivity contribution in [3.05, 3.63) is 41.9 Å². The van der Waals surface area contributed by atoms with Crippen LogP contribution in [0.3, 0.4) is 0 Å². The molecule has 0 spiro atoms. The van der Waals surface area contributed by atoms with E-state index in [1.54, 1.807) is 36.7 Å². The van der Waals surface area contributed by atoms with E-state index in [1.807, 2.05) is 26.8 Å². The van der Waals surface area contributed by atoms with Gasteiger partial charge in [-0.05, 0) is 39.0 Å². The first-order chi connectivity index (χ1) is 13.6. The summed E-state index contributed by atoms with van der Waals surface area (Å²) >= 11 is 0. The van der Waals surface area contributed by atoms with E-state index >= 15 is 0 Å². The van der Waals surface area contributed by atoms with Crippen LogP contribution in [0.15, 0.2) is 35.1 Å². The van der Waals surface area contributed by atoms with Gasteiger partial charge in [-0.3, -0.25) is 4.79 Å². The van der Waals surface area contributed by atoms with Crippen molar-refractivity contribution in [1.29, 1.82) is 0 Å². The zero-order valence-electron chi connectivity index (χ0n) is 17.0. The van der Waals surface area contributed by atoms with Crippen LogP contribution in [0.5, 0.6) is 17.2 Å². The summed E-state index contributed by atoms with van der Waals surface area (Å²) in [7, 11) is 1.61. The molecule has 0 aliphatic carbocycles. The third-order valence-corrected chi connectivity index (χ3v) is 3.96. The van der Waals surface area contributed by atoms with Gasteiger partial charge in [0.1, 0.15) is 0 Å². The Hall–Kier alpha value is -2.67. The topological polar surface area (TPSA) is 70.4 Å². The molecule has 0 bridgehead atoms. The molecule has 2 rings (SSSR count). The summed E-state index contributed by atoms with van der Waals surface area (Å²) in [6.07, 6.45) is 3.22. The van der Waals surface area contributed by atoms with E-state index in [2.05, 4.69) is 0 Å². The van der Waals surface area contributed by atoms with Gasteiger partial charge < -0.3 is 28.3 Å². The lowest BCUT2D eigenvalue weighted by atomic mass is 10.1. The van der Waals surface area contributed by atoms with E-state index in [0.717, 1.165) is 5.56 Å². The number of furan rings is 1. The number of rotatable bonds is 12. The minimum Gasteiger partial charge on any atom is -0.490 e. The van der Waals surface area contributed by atoms with Crippen LogP contribution in [0.4, 0.5) is 0 Å². The molecule has 0 fully saturated rings. The van der Waals surface area contributed by atoms with Crippen LogP contribution in [0.1, 0.15) is 36.7 Å². The first-order valence-corrected chi connectivity index (χ1v) is 9.50. The van der Waals surface area contributed by atoms with Crippen molar-refractivity contribution >= 4 is 5.91 Å². The predicted octanol–water partition coefficient (Wildman–Crippen LogP) is 3.76. The van der Waals surface area contributed by atoms with Gasteiger partial charge in [0.2, 0.25) is 5.75 Å². The highest BCUT2D eigenvalue weighted by Gasteiger charge is 2.22. The molecule has 1 heterocycles.